The number of carboxylic acids is 1. The van der Waals surface area contributed by atoms with Crippen molar-refractivity contribution in [2.45, 2.75) is 12.5 Å². The summed E-state index contributed by atoms with van der Waals surface area (Å²) in [6.07, 6.45) is 0.260. The average molecular weight is 324 g/mol. The van der Waals surface area contributed by atoms with E-state index in [0.717, 1.165) is 5.56 Å². The van der Waals surface area contributed by atoms with Gasteiger partial charge in [-0.3, -0.25) is 4.79 Å². The Morgan fingerprint density at radius 1 is 1.57 bits per heavy atom. The molecule has 0 aliphatic rings. The van der Waals surface area contributed by atoms with E-state index in [-0.39, 0.29) is 6.42 Å². The number of hydrogen-bond donors (Lipinski definition) is 2. The van der Waals surface area contributed by atoms with Gasteiger partial charge in [0, 0.05) is 6.42 Å². The second kappa shape index (κ2) is 4.86. The Balaban J connectivity index is 2.82. The predicted octanol–water partition coefficient (Wildman–Crippen LogP) is 1.56. The van der Waals surface area contributed by atoms with Gasteiger partial charge in [0.25, 0.3) is 0 Å². The molecule has 4 nitrogen and oxygen atoms in total. The van der Waals surface area contributed by atoms with E-state index >= 15 is 0 Å². The lowest BCUT2D eigenvalue weighted by atomic mass is 10.1. The largest absolute Gasteiger partial charge is 0.480 e. The monoisotopic (exact) mass is 322 g/mol. The summed E-state index contributed by atoms with van der Waals surface area (Å²) in [6, 6.07) is 2.63. The van der Waals surface area contributed by atoms with Crippen LogP contribution in [0.1, 0.15) is 5.56 Å². The summed E-state index contributed by atoms with van der Waals surface area (Å²) in [7, 11) is 0. The molecule has 0 saturated carbocycles. The Kier molecular flexibility index (Phi) is 4.03. The number of hydrogen-bond acceptors (Lipinski definition) is 3. The predicted molar refractivity (Wildman–Crippen MR) is 59.0 cm³/mol. The number of pyridine rings is 1. The molecule has 1 heterocycles. The van der Waals surface area contributed by atoms with Gasteiger partial charge in [-0.05, 0) is 43.5 Å². The zero-order valence-electron chi connectivity index (χ0n) is 7.08. The first-order chi connectivity index (χ1) is 6.50. The molecule has 0 amide bonds. The summed E-state index contributed by atoms with van der Waals surface area (Å²) < 4.78 is 1.31. The highest BCUT2D eigenvalue weighted by Gasteiger charge is 2.14. The number of rotatable bonds is 3. The zero-order valence-corrected chi connectivity index (χ0v) is 10.2. The minimum atomic E-state index is -1.01. The third kappa shape index (κ3) is 3.04. The number of carbonyl (C=O) groups is 1. The molecule has 0 bridgehead atoms. The Bertz CT molecular complexity index is 357. The van der Waals surface area contributed by atoms with Crippen molar-refractivity contribution in [1.82, 2.24) is 4.98 Å². The normalized spacial score (nSPS) is 12.5. The zero-order chi connectivity index (χ0) is 10.7. The van der Waals surface area contributed by atoms with Crippen molar-refractivity contribution < 1.29 is 9.90 Å². The Labute approximate surface area is 97.8 Å². The Hall–Kier alpha value is -0.460. The Morgan fingerprint density at radius 3 is 2.71 bits per heavy atom. The molecule has 0 aromatic carbocycles. The van der Waals surface area contributed by atoms with Gasteiger partial charge < -0.3 is 10.8 Å². The smallest absolute Gasteiger partial charge is 0.320 e. The molecular formula is C8H8Br2N2O2. The van der Waals surface area contributed by atoms with Crippen molar-refractivity contribution in [2.24, 2.45) is 5.73 Å². The highest BCUT2D eigenvalue weighted by atomic mass is 79.9. The van der Waals surface area contributed by atoms with Crippen LogP contribution < -0.4 is 5.73 Å². The first kappa shape index (κ1) is 11.6. The van der Waals surface area contributed by atoms with Crippen LogP contribution in [0.15, 0.2) is 21.3 Å². The van der Waals surface area contributed by atoms with Gasteiger partial charge in [0.2, 0.25) is 0 Å². The van der Waals surface area contributed by atoms with Crippen molar-refractivity contribution in [3.8, 4) is 0 Å². The molecule has 1 rings (SSSR count). The van der Waals surface area contributed by atoms with Crippen molar-refractivity contribution >= 4 is 37.8 Å². The molecule has 0 spiro atoms. The SMILES string of the molecule is NC(Cc1ccc(Br)nc1Br)C(=O)O. The van der Waals surface area contributed by atoms with E-state index < -0.39 is 12.0 Å². The maximum atomic E-state index is 10.5. The number of aromatic nitrogens is 1. The second-order valence-corrected chi connectivity index (χ2v) is 4.30. The minimum Gasteiger partial charge on any atom is -0.480 e. The van der Waals surface area contributed by atoms with Crippen LogP contribution in [-0.4, -0.2) is 22.1 Å². The molecule has 6 heteroatoms. The van der Waals surface area contributed by atoms with Crippen LogP contribution in [0, 0.1) is 0 Å². The first-order valence-corrected chi connectivity index (χ1v) is 5.38. The van der Waals surface area contributed by atoms with Crippen molar-refractivity contribution in [3.63, 3.8) is 0 Å². The molecule has 1 unspecified atom stereocenters. The van der Waals surface area contributed by atoms with Crippen LogP contribution in [0.25, 0.3) is 0 Å². The molecular weight excluding hydrogens is 316 g/mol. The molecule has 0 aliphatic heterocycles. The van der Waals surface area contributed by atoms with E-state index in [4.69, 9.17) is 10.8 Å². The lowest BCUT2D eigenvalue weighted by Crippen LogP contribution is -2.32. The lowest BCUT2D eigenvalue weighted by molar-refractivity contribution is -0.138. The molecule has 1 atom stereocenters. The number of nitrogens with zero attached hydrogens (tertiary/aromatic N) is 1. The highest BCUT2D eigenvalue weighted by molar-refractivity contribution is 9.11. The molecule has 0 fully saturated rings. The van der Waals surface area contributed by atoms with E-state index in [1.807, 2.05) is 0 Å². The fraction of sp³-hybridized carbons (Fsp3) is 0.250. The van der Waals surface area contributed by atoms with Crippen LogP contribution >= 0.6 is 31.9 Å². The van der Waals surface area contributed by atoms with Crippen molar-refractivity contribution in [3.05, 3.63) is 26.9 Å². The summed E-state index contributed by atoms with van der Waals surface area (Å²) in [5.41, 5.74) is 6.18. The van der Waals surface area contributed by atoms with E-state index in [1.54, 1.807) is 12.1 Å². The number of aliphatic carboxylic acids is 1. The van der Waals surface area contributed by atoms with Crippen LogP contribution in [0.3, 0.4) is 0 Å². The second-order valence-electron chi connectivity index (χ2n) is 2.73. The van der Waals surface area contributed by atoms with E-state index in [2.05, 4.69) is 36.8 Å². The standard InChI is InChI=1S/C8H8Br2N2O2/c9-6-2-1-4(7(10)12-6)3-5(11)8(13)14/h1-2,5H,3,11H2,(H,13,14). The van der Waals surface area contributed by atoms with Crippen molar-refractivity contribution in [2.75, 3.05) is 0 Å². The number of nitrogens with two attached hydrogens (primary N) is 1. The van der Waals surface area contributed by atoms with E-state index in [9.17, 15) is 4.79 Å². The summed E-state index contributed by atoms with van der Waals surface area (Å²) >= 11 is 6.44. The maximum Gasteiger partial charge on any atom is 0.320 e. The van der Waals surface area contributed by atoms with Crippen molar-refractivity contribution in [1.29, 1.82) is 0 Å². The van der Waals surface area contributed by atoms with Crippen LogP contribution in [0.2, 0.25) is 0 Å². The third-order valence-electron chi connectivity index (χ3n) is 1.65. The number of halogens is 2. The van der Waals surface area contributed by atoms with E-state index in [0.29, 0.717) is 9.21 Å². The molecule has 1 aromatic heterocycles. The molecule has 76 valence electrons. The van der Waals surface area contributed by atoms with E-state index in [1.165, 1.54) is 0 Å². The van der Waals surface area contributed by atoms with Gasteiger partial charge in [0.05, 0.1) is 0 Å². The molecule has 3 N–H and O–H groups in total. The third-order valence-corrected chi connectivity index (χ3v) is 2.78. The summed E-state index contributed by atoms with van der Waals surface area (Å²) in [5.74, 6) is -1.01. The fourth-order valence-electron chi connectivity index (χ4n) is 0.917. The van der Waals surface area contributed by atoms with Crippen LogP contribution in [-0.2, 0) is 11.2 Å². The molecule has 1 aromatic rings. The summed E-state index contributed by atoms with van der Waals surface area (Å²) in [5, 5.41) is 8.62. The average Bonchev–Trinajstić information content (AvgIpc) is 2.09. The van der Waals surface area contributed by atoms with Gasteiger partial charge in [-0.1, -0.05) is 6.07 Å². The fourth-order valence-corrected chi connectivity index (χ4v) is 1.95. The van der Waals surface area contributed by atoms with Crippen LogP contribution in [0.4, 0.5) is 0 Å². The van der Waals surface area contributed by atoms with Gasteiger partial charge in [0.1, 0.15) is 15.2 Å². The lowest BCUT2D eigenvalue weighted by Gasteiger charge is -2.07. The first-order valence-electron chi connectivity index (χ1n) is 3.80. The van der Waals surface area contributed by atoms with Gasteiger partial charge in [-0.15, -0.1) is 0 Å². The van der Waals surface area contributed by atoms with Gasteiger partial charge >= 0.3 is 5.97 Å². The quantitative estimate of drug-likeness (QED) is 0.828. The van der Waals surface area contributed by atoms with Gasteiger partial charge in [0.15, 0.2) is 0 Å². The minimum absolute atomic E-state index is 0.260. The maximum absolute atomic E-state index is 10.5. The van der Waals surface area contributed by atoms with Crippen LogP contribution in [0.5, 0.6) is 0 Å². The molecule has 0 aliphatic carbocycles. The topological polar surface area (TPSA) is 76.2 Å². The Morgan fingerprint density at radius 2 is 2.21 bits per heavy atom. The van der Waals surface area contributed by atoms with Gasteiger partial charge in [-0.2, -0.15) is 0 Å². The summed E-state index contributed by atoms with van der Waals surface area (Å²) in [4.78, 5) is 14.6. The number of carboxylic acid groups (broad SMARTS) is 1. The molecule has 0 radical (unpaired) electrons. The van der Waals surface area contributed by atoms with Gasteiger partial charge in [-0.25, -0.2) is 4.98 Å². The highest BCUT2D eigenvalue weighted by Crippen LogP contribution is 2.18. The molecule has 0 saturated heterocycles. The summed E-state index contributed by atoms with van der Waals surface area (Å²) in [6.45, 7) is 0. The molecule has 14 heavy (non-hydrogen) atoms.